The van der Waals surface area contributed by atoms with Crippen LogP contribution in [0.5, 0.6) is 0 Å². The van der Waals surface area contributed by atoms with Crippen LogP contribution in [0.15, 0.2) is 70.6 Å². The molecule has 0 radical (unpaired) electrons. The number of anilines is 1. The van der Waals surface area contributed by atoms with Crippen molar-refractivity contribution in [3.63, 3.8) is 0 Å². The Balaban J connectivity index is 1.64. The van der Waals surface area contributed by atoms with E-state index in [4.69, 9.17) is 9.84 Å². The number of thiazole rings is 1. The van der Waals surface area contributed by atoms with Crippen LogP contribution in [-0.2, 0) is 4.74 Å². The Bertz CT molecular complexity index is 1140. The van der Waals surface area contributed by atoms with Crippen molar-refractivity contribution < 1.29 is 4.74 Å². The predicted octanol–water partition coefficient (Wildman–Crippen LogP) is 4.64. The van der Waals surface area contributed by atoms with Gasteiger partial charge in [0, 0.05) is 29.7 Å². The summed E-state index contributed by atoms with van der Waals surface area (Å²) in [6.07, 6.45) is 3.70. The highest BCUT2D eigenvalue weighted by Gasteiger charge is 2.11. The summed E-state index contributed by atoms with van der Waals surface area (Å²) in [7, 11) is 0. The Hall–Kier alpha value is -2.96. The lowest BCUT2D eigenvalue weighted by molar-refractivity contribution is 0.122. The smallest absolute Gasteiger partial charge is 0.206 e. The molecular weight excluding hydrogens is 404 g/mol. The number of hydrogen-bond acceptors (Lipinski definition) is 5. The van der Waals surface area contributed by atoms with Gasteiger partial charge >= 0.3 is 0 Å². The zero-order valence-electron chi connectivity index (χ0n) is 18.1. The standard InChI is InChI=1S/C25H28N4OS/c1-4-11-26-25-29(24(18-31-25)22-8-5-19(2)20(3)16-22)27-17-21-6-9-23(10-7-21)28-12-14-30-15-13-28/h4-10,16-18H,1,11-15H2,2-3H3. The molecule has 0 bridgehead atoms. The SMILES string of the molecule is C=CCN=c1scc(-c2ccc(C)c(C)c2)n1N=Cc1ccc(N2CCOCC2)cc1. The normalized spacial score (nSPS) is 15.0. The van der Waals surface area contributed by atoms with Gasteiger partial charge in [-0.15, -0.1) is 17.9 Å². The van der Waals surface area contributed by atoms with Crippen molar-refractivity contribution in [2.24, 2.45) is 10.1 Å². The van der Waals surface area contributed by atoms with Crippen molar-refractivity contribution in [2.45, 2.75) is 13.8 Å². The molecule has 31 heavy (non-hydrogen) atoms. The molecule has 160 valence electrons. The summed E-state index contributed by atoms with van der Waals surface area (Å²) in [4.78, 5) is 7.83. The zero-order chi connectivity index (χ0) is 21.6. The molecule has 1 saturated heterocycles. The van der Waals surface area contributed by atoms with E-state index in [1.165, 1.54) is 16.8 Å². The largest absolute Gasteiger partial charge is 0.378 e. The van der Waals surface area contributed by atoms with Crippen LogP contribution in [0.25, 0.3) is 11.3 Å². The summed E-state index contributed by atoms with van der Waals surface area (Å²) in [5, 5.41) is 6.92. The second kappa shape index (κ2) is 9.90. The van der Waals surface area contributed by atoms with Gasteiger partial charge in [0.2, 0.25) is 4.80 Å². The first kappa shape index (κ1) is 21.3. The highest BCUT2D eigenvalue weighted by molar-refractivity contribution is 7.07. The van der Waals surface area contributed by atoms with Crippen LogP contribution < -0.4 is 9.70 Å². The van der Waals surface area contributed by atoms with Crippen molar-refractivity contribution in [3.8, 4) is 11.3 Å². The van der Waals surface area contributed by atoms with Crippen molar-refractivity contribution in [3.05, 3.63) is 82.0 Å². The monoisotopic (exact) mass is 432 g/mol. The molecule has 0 aliphatic carbocycles. The van der Waals surface area contributed by atoms with E-state index in [-0.39, 0.29) is 0 Å². The molecule has 1 aliphatic heterocycles. The second-order valence-electron chi connectivity index (χ2n) is 7.58. The Labute approximate surface area is 187 Å². The summed E-state index contributed by atoms with van der Waals surface area (Å²) in [6, 6.07) is 15.0. The number of morpholine rings is 1. The van der Waals surface area contributed by atoms with Crippen LogP contribution in [0, 0.1) is 13.8 Å². The molecule has 0 unspecified atom stereocenters. The molecule has 0 saturated carbocycles. The van der Waals surface area contributed by atoms with E-state index in [0.29, 0.717) is 6.54 Å². The number of aromatic nitrogens is 1. The average molecular weight is 433 g/mol. The molecule has 2 heterocycles. The van der Waals surface area contributed by atoms with Crippen molar-refractivity contribution >= 4 is 23.2 Å². The average Bonchev–Trinajstić information content (AvgIpc) is 3.21. The molecular formula is C25H28N4OS. The minimum atomic E-state index is 0.566. The first-order chi connectivity index (χ1) is 15.2. The van der Waals surface area contributed by atoms with Crippen LogP contribution in [0.4, 0.5) is 5.69 Å². The fraction of sp³-hybridized carbons (Fsp3) is 0.280. The van der Waals surface area contributed by atoms with E-state index in [1.54, 1.807) is 17.4 Å². The molecule has 0 spiro atoms. The Morgan fingerprint density at radius 3 is 2.55 bits per heavy atom. The molecule has 0 N–H and O–H groups in total. The van der Waals surface area contributed by atoms with Gasteiger partial charge in [-0.05, 0) is 48.7 Å². The van der Waals surface area contributed by atoms with Gasteiger partial charge in [-0.1, -0.05) is 30.3 Å². The third kappa shape index (κ3) is 5.03. The van der Waals surface area contributed by atoms with Gasteiger partial charge in [0.05, 0.1) is 31.7 Å². The summed E-state index contributed by atoms with van der Waals surface area (Å²) < 4.78 is 7.37. The Morgan fingerprint density at radius 2 is 1.84 bits per heavy atom. The summed E-state index contributed by atoms with van der Waals surface area (Å²) in [5.41, 5.74) is 7.00. The number of nitrogens with zero attached hydrogens (tertiary/aromatic N) is 4. The van der Waals surface area contributed by atoms with Gasteiger partial charge in [-0.3, -0.25) is 4.99 Å². The predicted molar refractivity (Wildman–Crippen MR) is 130 cm³/mol. The number of aryl methyl sites for hydroxylation is 2. The summed E-state index contributed by atoms with van der Waals surface area (Å²) in [5.74, 6) is 0. The Morgan fingerprint density at radius 1 is 1.06 bits per heavy atom. The second-order valence-corrected chi connectivity index (χ2v) is 8.42. The van der Waals surface area contributed by atoms with Gasteiger partial charge in [-0.25, -0.2) is 4.68 Å². The van der Waals surface area contributed by atoms with Gasteiger partial charge in [0.15, 0.2) is 0 Å². The lowest BCUT2D eigenvalue weighted by atomic mass is 10.1. The van der Waals surface area contributed by atoms with Gasteiger partial charge in [-0.2, -0.15) is 5.10 Å². The van der Waals surface area contributed by atoms with Crippen LogP contribution in [0.1, 0.15) is 16.7 Å². The highest BCUT2D eigenvalue weighted by Crippen LogP contribution is 2.23. The maximum Gasteiger partial charge on any atom is 0.206 e. The van der Waals surface area contributed by atoms with Gasteiger partial charge in [0.25, 0.3) is 0 Å². The summed E-state index contributed by atoms with van der Waals surface area (Å²) in [6.45, 7) is 12.1. The van der Waals surface area contributed by atoms with Gasteiger partial charge in [0.1, 0.15) is 0 Å². The van der Waals surface area contributed by atoms with Crippen molar-refractivity contribution in [1.29, 1.82) is 0 Å². The number of rotatable bonds is 6. The first-order valence-corrected chi connectivity index (χ1v) is 11.4. The Kier molecular flexibility index (Phi) is 6.79. The maximum atomic E-state index is 5.45. The molecule has 1 fully saturated rings. The first-order valence-electron chi connectivity index (χ1n) is 10.5. The van der Waals surface area contributed by atoms with Crippen LogP contribution >= 0.6 is 11.3 Å². The van der Waals surface area contributed by atoms with E-state index in [2.05, 4.69) is 78.2 Å². The van der Waals surface area contributed by atoms with E-state index >= 15 is 0 Å². The van der Waals surface area contributed by atoms with Crippen molar-refractivity contribution in [1.82, 2.24) is 4.68 Å². The minimum Gasteiger partial charge on any atom is -0.378 e. The van der Waals surface area contributed by atoms with E-state index < -0.39 is 0 Å². The number of ether oxygens (including phenoxy) is 1. The van der Waals surface area contributed by atoms with Crippen molar-refractivity contribution in [2.75, 3.05) is 37.7 Å². The van der Waals surface area contributed by atoms with Crippen LogP contribution in [-0.4, -0.2) is 43.7 Å². The maximum absolute atomic E-state index is 5.45. The fourth-order valence-corrected chi connectivity index (χ4v) is 4.33. The molecule has 2 aromatic carbocycles. The molecule has 6 heteroatoms. The number of hydrogen-bond donors (Lipinski definition) is 0. The molecule has 3 aromatic rings. The molecule has 4 rings (SSSR count). The number of benzene rings is 2. The van der Waals surface area contributed by atoms with Crippen LogP contribution in [0.3, 0.4) is 0 Å². The third-order valence-electron chi connectivity index (χ3n) is 5.44. The summed E-state index contributed by atoms with van der Waals surface area (Å²) >= 11 is 1.59. The molecule has 1 aliphatic rings. The molecule has 1 aromatic heterocycles. The van der Waals surface area contributed by atoms with E-state index in [0.717, 1.165) is 47.9 Å². The van der Waals surface area contributed by atoms with E-state index in [1.807, 2.05) is 10.9 Å². The highest BCUT2D eigenvalue weighted by atomic mass is 32.1. The lowest BCUT2D eigenvalue weighted by Crippen LogP contribution is -2.36. The topological polar surface area (TPSA) is 42.1 Å². The zero-order valence-corrected chi connectivity index (χ0v) is 18.9. The quantitative estimate of drug-likeness (QED) is 0.421. The molecule has 5 nitrogen and oxygen atoms in total. The molecule has 0 atom stereocenters. The minimum absolute atomic E-state index is 0.566. The van der Waals surface area contributed by atoms with E-state index in [9.17, 15) is 0 Å². The van der Waals surface area contributed by atoms with Crippen LogP contribution in [0.2, 0.25) is 0 Å². The lowest BCUT2D eigenvalue weighted by Gasteiger charge is -2.28. The third-order valence-corrected chi connectivity index (χ3v) is 6.29. The van der Waals surface area contributed by atoms with Gasteiger partial charge < -0.3 is 9.64 Å². The fourth-order valence-electron chi connectivity index (χ4n) is 3.48. The molecule has 0 amide bonds.